The van der Waals surface area contributed by atoms with E-state index in [2.05, 4.69) is 32.1 Å². The molecule has 4 rings (SSSR count). The van der Waals surface area contributed by atoms with Crippen LogP contribution in [0.3, 0.4) is 0 Å². The second-order valence-corrected chi connectivity index (χ2v) is 7.17. The molecule has 0 spiro atoms. The zero-order valence-electron chi connectivity index (χ0n) is 16.1. The third-order valence-corrected chi connectivity index (χ3v) is 5.24. The smallest absolute Gasteiger partial charge is 0.123 e. The van der Waals surface area contributed by atoms with E-state index in [1.54, 1.807) is 6.20 Å². The lowest BCUT2D eigenvalue weighted by Crippen LogP contribution is -2.46. The van der Waals surface area contributed by atoms with Crippen LogP contribution < -0.4 is 0 Å². The predicted molar refractivity (Wildman–Crippen MR) is 108 cm³/mol. The minimum atomic E-state index is -0.173. The summed E-state index contributed by atoms with van der Waals surface area (Å²) < 4.78 is 1.87. The van der Waals surface area contributed by atoms with Gasteiger partial charge in [0.2, 0.25) is 0 Å². The van der Waals surface area contributed by atoms with Crippen LogP contribution >= 0.6 is 0 Å². The van der Waals surface area contributed by atoms with Crippen LogP contribution in [0.15, 0.2) is 61.1 Å². The number of nitriles is 1. The topological polar surface area (TPSA) is 61.0 Å². The third kappa shape index (κ3) is 3.96. The van der Waals surface area contributed by atoms with Gasteiger partial charge in [-0.15, -0.1) is 0 Å². The first-order chi connectivity index (χ1) is 13.7. The van der Waals surface area contributed by atoms with E-state index in [9.17, 15) is 5.26 Å². The number of hydrogen-bond donors (Lipinski definition) is 0. The lowest BCUT2D eigenvalue weighted by Gasteiger charge is -2.37. The van der Waals surface area contributed by atoms with Gasteiger partial charge in [0.15, 0.2) is 0 Å². The highest BCUT2D eigenvalue weighted by Crippen LogP contribution is 2.25. The van der Waals surface area contributed by atoms with Crippen LogP contribution in [-0.4, -0.2) is 50.7 Å². The van der Waals surface area contributed by atoms with Crippen molar-refractivity contribution in [3.05, 3.63) is 72.2 Å². The third-order valence-electron chi connectivity index (χ3n) is 5.24. The molecule has 1 fully saturated rings. The van der Waals surface area contributed by atoms with Gasteiger partial charge in [-0.05, 0) is 17.7 Å². The summed E-state index contributed by atoms with van der Waals surface area (Å²) in [7, 11) is 1.96. The Labute approximate surface area is 165 Å². The maximum Gasteiger partial charge on any atom is 0.123 e. The van der Waals surface area contributed by atoms with Crippen LogP contribution in [0.1, 0.15) is 17.2 Å². The SMILES string of the molecule is Cn1cc(CN2CCN([C@H](C#N)c3ccccc3)CC2)c(-c2cccnc2)n1. The zero-order chi connectivity index (χ0) is 19.3. The fourth-order valence-corrected chi connectivity index (χ4v) is 3.82. The van der Waals surface area contributed by atoms with E-state index in [0.29, 0.717) is 0 Å². The molecule has 2 aromatic heterocycles. The average molecular weight is 372 g/mol. The molecule has 1 aromatic carbocycles. The molecule has 6 nitrogen and oxygen atoms in total. The number of piperazine rings is 1. The summed E-state index contributed by atoms with van der Waals surface area (Å²) >= 11 is 0. The van der Waals surface area contributed by atoms with E-state index >= 15 is 0 Å². The van der Waals surface area contributed by atoms with E-state index in [4.69, 9.17) is 0 Å². The van der Waals surface area contributed by atoms with Crippen LogP contribution in [0.4, 0.5) is 0 Å². The van der Waals surface area contributed by atoms with Crippen molar-refractivity contribution in [3.8, 4) is 17.3 Å². The molecule has 1 saturated heterocycles. The monoisotopic (exact) mass is 372 g/mol. The Kier molecular flexibility index (Phi) is 5.47. The lowest BCUT2D eigenvalue weighted by atomic mass is 10.1. The van der Waals surface area contributed by atoms with Crippen LogP contribution in [0.25, 0.3) is 11.3 Å². The molecule has 142 valence electrons. The number of rotatable bonds is 5. The standard InChI is InChI=1S/C22H24N6/c1-26-16-20(22(25-26)19-8-5-9-24-15-19)17-27-10-12-28(13-11-27)21(14-23)18-6-3-2-4-7-18/h2-9,15-16,21H,10-13,17H2,1H3/t21-/m1/s1. The molecule has 0 amide bonds. The minimum Gasteiger partial charge on any atom is -0.296 e. The normalized spacial score (nSPS) is 16.6. The second kappa shape index (κ2) is 8.34. The molecule has 1 aliphatic heterocycles. The lowest BCUT2D eigenvalue weighted by molar-refractivity contribution is 0.109. The van der Waals surface area contributed by atoms with Gasteiger partial charge in [-0.1, -0.05) is 30.3 Å². The van der Waals surface area contributed by atoms with Gasteiger partial charge in [-0.25, -0.2) is 0 Å². The van der Waals surface area contributed by atoms with E-state index in [1.807, 2.05) is 60.4 Å². The Morgan fingerprint density at radius 1 is 1.07 bits per heavy atom. The number of aryl methyl sites for hydroxylation is 1. The summed E-state index contributed by atoms with van der Waals surface area (Å²) in [6, 6.07) is 16.4. The summed E-state index contributed by atoms with van der Waals surface area (Å²) in [6.45, 7) is 4.50. The first-order valence-electron chi connectivity index (χ1n) is 9.58. The summed E-state index contributed by atoms with van der Waals surface area (Å²) in [5, 5.41) is 14.3. The molecular weight excluding hydrogens is 348 g/mol. The molecule has 0 saturated carbocycles. The van der Waals surface area contributed by atoms with Crippen molar-refractivity contribution in [2.45, 2.75) is 12.6 Å². The number of benzene rings is 1. The van der Waals surface area contributed by atoms with Crippen molar-refractivity contribution < 1.29 is 0 Å². The summed E-state index contributed by atoms with van der Waals surface area (Å²) in [4.78, 5) is 8.94. The molecular formula is C22H24N6. The Hall–Kier alpha value is -3.01. The maximum atomic E-state index is 9.68. The van der Waals surface area contributed by atoms with Gasteiger partial charge in [0.05, 0.1) is 11.8 Å². The summed E-state index contributed by atoms with van der Waals surface area (Å²) in [5.41, 5.74) is 4.33. The molecule has 6 heteroatoms. The molecule has 0 bridgehead atoms. The minimum absolute atomic E-state index is 0.173. The van der Waals surface area contributed by atoms with Crippen molar-refractivity contribution in [1.82, 2.24) is 24.6 Å². The van der Waals surface area contributed by atoms with Gasteiger partial charge >= 0.3 is 0 Å². The highest BCUT2D eigenvalue weighted by Gasteiger charge is 2.25. The largest absolute Gasteiger partial charge is 0.296 e. The van der Waals surface area contributed by atoms with E-state index in [0.717, 1.165) is 49.5 Å². The first-order valence-corrected chi connectivity index (χ1v) is 9.58. The quantitative estimate of drug-likeness (QED) is 0.689. The summed E-state index contributed by atoms with van der Waals surface area (Å²) in [6.07, 6.45) is 5.74. The van der Waals surface area contributed by atoms with E-state index < -0.39 is 0 Å². The van der Waals surface area contributed by atoms with Crippen LogP contribution in [0, 0.1) is 11.3 Å². The molecule has 1 aliphatic rings. The molecule has 1 atom stereocenters. The average Bonchev–Trinajstić information content (AvgIpc) is 3.11. The molecule has 3 aromatic rings. The van der Waals surface area contributed by atoms with Gasteiger partial charge in [0, 0.05) is 69.5 Å². The number of nitrogens with zero attached hydrogens (tertiary/aromatic N) is 6. The number of hydrogen-bond acceptors (Lipinski definition) is 5. The van der Waals surface area contributed by atoms with E-state index in [1.165, 1.54) is 5.56 Å². The first kappa shape index (κ1) is 18.4. The molecule has 0 N–H and O–H groups in total. The Bertz CT molecular complexity index is 936. The van der Waals surface area contributed by atoms with Gasteiger partial charge in [-0.3, -0.25) is 19.5 Å². The molecule has 0 unspecified atom stereocenters. The second-order valence-electron chi connectivity index (χ2n) is 7.17. The summed E-state index contributed by atoms with van der Waals surface area (Å²) in [5.74, 6) is 0. The Morgan fingerprint density at radius 2 is 1.86 bits per heavy atom. The van der Waals surface area contributed by atoms with Crippen molar-refractivity contribution in [1.29, 1.82) is 5.26 Å². The van der Waals surface area contributed by atoms with Gasteiger partial charge in [0.25, 0.3) is 0 Å². The number of aromatic nitrogens is 3. The molecule has 0 aliphatic carbocycles. The predicted octanol–water partition coefficient (Wildman–Crippen LogP) is 2.86. The van der Waals surface area contributed by atoms with Crippen LogP contribution in [0.5, 0.6) is 0 Å². The molecule has 0 radical (unpaired) electrons. The van der Waals surface area contributed by atoms with Crippen molar-refractivity contribution in [2.75, 3.05) is 26.2 Å². The van der Waals surface area contributed by atoms with Gasteiger partial charge < -0.3 is 0 Å². The maximum absolute atomic E-state index is 9.68. The van der Waals surface area contributed by atoms with Crippen molar-refractivity contribution in [3.63, 3.8) is 0 Å². The highest BCUT2D eigenvalue weighted by atomic mass is 15.3. The number of pyridine rings is 1. The van der Waals surface area contributed by atoms with Crippen molar-refractivity contribution >= 4 is 0 Å². The van der Waals surface area contributed by atoms with Gasteiger partial charge in [-0.2, -0.15) is 10.4 Å². The van der Waals surface area contributed by atoms with Crippen LogP contribution in [0.2, 0.25) is 0 Å². The fraction of sp³-hybridized carbons (Fsp3) is 0.318. The Balaban J connectivity index is 1.42. The zero-order valence-corrected chi connectivity index (χ0v) is 16.1. The molecule has 3 heterocycles. The van der Waals surface area contributed by atoms with Crippen molar-refractivity contribution in [2.24, 2.45) is 7.05 Å². The fourth-order valence-electron chi connectivity index (χ4n) is 3.82. The van der Waals surface area contributed by atoms with Crippen LogP contribution in [-0.2, 0) is 13.6 Å². The van der Waals surface area contributed by atoms with E-state index in [-0.39, 0.29) is 6.04 Å². The Morgan fingerprint density at radius 3 is 2.54 bits per heavy atom. The highest BCUT2D eigenvalue weighted by molar-refractivity contribution is 5.61. The van der Waals surface area contributed by atoms with Gasteiger partial charge in [0.1, 0.15) is 6.04 Å². The molecule has 28 heavy (non-hydrogen) atoms.